The van der Waals surface area contributed by atoms with Crippen LogP contribution < -0.4 is 9.64 Å². The summed E-state index contributed by atoms with van der Waals surface area (Å²) in [5.41, 5.74) is 0.737. The lowest BCUT2D eigenvalue weighted by Gasteiger charge is -2.21. The maximum absolute atomic E-state index is 13.1. The van der Waals surface area contributed by atoms with Crippen LogP contribution in [0.15, 0.2) is 18.2 Å². The Bertz CT molecular complexity index is 331. The molecule has 0 heterocycles. The fourth-order valence-electron chi connectivity index (χ4n) is 1.54. The molecule has 0 radical (unpaired) electrons. The van der Waals surface area contributed by atoms with Crippen molar-refractivity contribution in [2.24, 2.45) is 0 Å². The Hall–Kier alpha value is -1.29. The minimum Gasteiger partial charge on any atom is -0.495 e. The van der Waals surface area contributed by atoms with Crippen LogP contribution >= 0.6 is 0 Å². The third-order valence-electron chi connectivity index (χ3n) is 2.45. The zero-order chi connectivity index (χ0) is 12.0. The van der Waals surface area contributed by atoms with E-state index in [1.54, 1.807) is 13.2 Å². The van der Waals surface area contributed by atoms with Gasteiger partial charge in [0.25, 0.3) is 0 Å². The molecule has 1 aromatic carbocycles. The first-order valence-electron chi connectivity index (χ1n) is 5.34. The van der Waals surface area contributed by atoms with Crippen LogP contribution in [0.3, 0.4) is 0 Å². The number of hydrogen-bond donors (Lipinski definition) is 1. The Balaban J connectivity index is 2.72. The van der Waals surface area contributed by atoms with Crippen LogP contribution in [0.25, 0.3) is 0 Å². The van der Waals surface area contributed by atoms with Crippen LogP contribution in [0.5, 0.6) is 5.75 Å². The summed E-state index contributed by atoms with van der Waals surface area (Å²) >= 11 is 0. The van der Waals surface area contributed by atoms with Crippen molar-refractivity contribution in [2.45, 2.75) is 12.8 Å². The van der Waals surface area contributed by atoms with Gasteiger partial charge in [-0.1, -0.05) is 0 Å². The molecule has 4 heteroatoms. The second-order valence-electron chi connectivity index (χ2n) is 3.67. The number of hydrogen-bond acceptors (Lipinski definition) is 3. The molecule has 1 aromatic rings. The van der Waals surface area contributed by atoms with Gasteiger partial charge in [-0.3, -0.25) is 0 Å². The monoisotopic (exact) mass is 227 g/mol. The van der Waals surface area contributed by atoms with Crippen molar-refractivity contribution in [2.75, 3.05) is 32.2 Å². The molecule has 3 nitrogen and oxygen atoms in total. The fraction of sp³-hybridized carbons (Fsp3) is 0.500. The molecule has 0 bridgehead atoms. The minimum absolute atomic E-state index is 0.189. The number of rotatable bonds is 6. The van der Waals surface area contributed by atoms with Crippen LogP contribution in [0, 0.1) is 5.82 Å². The molecule has 0 aliphatic heterocycles. The summed E-state index contributed by atoms with van der Waals surface area (Å²) in [6.07, 6.45) is 1.62. The van der Waals surface area contributed by atoms with Gasteiger partial charge in [0.1, 0.15) is 11.6 Å². The lowest BCUT2D eigenvalue weighted by atomic mass is 10.2. The van der Waals surface area contributed by atoms with Crippen molar-refractivity contribution >= 4 is 5.69 Å². The Morgan fingerprint density at radius 1 is 1.38 bits per heavy atom. The molecule has 90 valence electrons. The van der Waals surface area contributed by atoms with E-state index in [-0.39, 0.29) is 12.4 Å². The molecule has 0 amide bonds. The second kappa shape index (κ2) is 6.33. The molecule has 0 fully saturated rings. The number of ether oxygens (including phenoxy) is 1. The van der Waals surface area contributed by atoms with E-state index in [2.05, 4.69) is 0 Å². The van der Waals surface area contributed by atoms with Crippen LogP contribution in [-0.4, -0.2) is 32.4 Å². The van der Waals surface area contributed by atoms with Gasteiger partial charge in [-0.2, -0.15) is 0 Å². The second-order valence-corrected chi connectivity index (χ2v) is 3.67. The largest absolute Gasteiger partial charge is 0.495 e. The topological polar surface area (TPSA) is 32.7 Å². The molecule has 0 saturated carbocycles. The lowest BCUT2D eigenvalue weighted by Crippen LogP contribution is -2.19. The smallest absolute Gasteiger partial charge is 0.142 e. The maximum Gasteiger partial charge on any atom is 0.142 e. The minimum atomic E-state index is -0.273. The Morgan fingerprint density at radius 2 is 2.12 bits per heavy atom. The number of halogens is 1. The van der Waals surface area contributed by atoms with E-state index in [0.29, 0.717) is 5.75 Å². The first-order valence-corrected chi connectivity index (χ1v) is 5.34. The molecule has 0 atom stereocenters. The van der Waals surface area contributed by atoms with Crippen molar-refractivity contribution in [3.8, 4) is 5.75 Å². The molecule has 16 heavy (non-hydrogen) atoms. The van der Waals surface area contributed by atoms with Crippen molar-refractivity contribution in [1.82, 2.24) is 0 Å². The zero-order valence-electron chi connectivity index (χ0n) is 9.74. The average molecular weight is 227 g/mol. The number of benzene rings is 1. The first-order chi connectivity index (χ1) is 7.69. The molecule has 0 saturated heterocycles. The van der Waals surface area contributed by atoms with Gasteiger partial charge in [0.15, 0.2) is 0 Å². The van der Waals surface area contributed by atoms with Gasteiger partial charge >= 0.3 is 0 Å². The van der Waals surface area contributed by atoms with Gasteiger partial charge in [0.05, 0.1) is 12.8 Å². The van der Waals surface area contributed by atoms with Gasteiger partial charge in [-0.15, -0.1) is 0 Å². The van der Waals surface area contributed by atoms with Crippen molar-refractivity contribution in [3.05, 3.63) is 24.0 Å². The van der Waals surface area contributed by atoms with E-state index < -0.39 is 0 Å². The van der Waals surface area contributed by atoms with Crippen LogP contribution in [0.1, 0.15) is 12.8 Å². The number of methoxy groups -OCH3 is 1. The van der Waals surface area contributed by atoms with E-state index in [9.17, 15) is 4.39 Å². The van der Waals surface area contributed by atoms with Crippen molar-refractivity contribution < 1.29 is 14.2 Å². The van der Waals surface area contributed by atoms with Gasteiger partial charge < -0.3 is 14.7 Å². The quantitative estimate of drug-likeness (QED) is 0.755. The molecule has 0 aliphatic rings. The van der Waals surface area contributed by atoms with Crippen LogP contribution in [-0.2, 0) is 0 Å². The molecular formula is C12H18FNO2. The molecule has 0 spiro atoms. The highest BCUT2D eigenvalue weighted by Gasteiger charge is 2.08. The van der Waals surface area contributed by atoms with E-state index in [0.717, 1.165) is 25.1 Å². The standard InChI is InChI=1S/C12H18FNO2/c1-14(7-3-4-8-15)11-9-10(13)5-6-12(11)16-2/h5-6,9,15H,3-4,7-8H2,1-2H3. The van der Waals surface area contributed by atoms with Gasteiger partial charge in [0, 0.05) is 26.3 Å². The SMILES string of the molecule is COc1ccc(F)cc1N(C)CCCCO. The zero-order valence-corrected chi connectivity index (χ0v) is 9.74. The van der Waals surface area contributed by atoms with E-state index >= 15 is 0 Å². The summed E-state index contributed by atoms with van der Waals surface area (Å²) in [6, 6.07) is 4.45. The molecule has 0 aromatic heterocycles. The van der Waals surface area contributed by atoms with Gasteiger partial charge in [-0.05, 0) is 25.0 Å². The highest BCUT2D eigenvalue weighted by Crippen LogP contribution is 2.28. The summed E-state index contributed by atoms with van der Waals surface area (Å²) in [5.74, 6) is 0.387. The van der Waals surface area contributed by atoms with Gasteiger partial charge in [-0.25, -0.2) is 4.39 Å². The Morgan fingerprint density at radius 3 is 2.75 bits per heavy atom. The predicted octanol–water partition coefficient (Wildman–Crippen LogP) is 2.04. The molecule has 1 rings (SSSR count). The third-order valence-corrected chi connectivity index (χ3v) is 2.45. The summed E-state index contributed by atoms with van der Waals surface area (Å²) in [6.45, 7) is 0.953. The number of unbranched alkanes of at least 4 members (excludes halogenated alkanes) is 1. The first kappa shape index (κ1) is 12.8. The molecule has 0 unspecified atom stereocenters. The fourth-order valence-corrected chi connectivity index (χ4v) is 1.54. The number of aliphatic hydroxyl groups excluding tert-OH is 1. The summed E-state index contributed by atoms with van der Waals surface area (Å²) in [7, 11) is 3.45. The maximum atomic E-state index is 13.1. The summed E-state index contributed by atoms with van der Waals surface area (Å²) in [4.78, 5) is 1.93. The molecule has 0 aliphatic carbocycles. The van der Waals surface area contributed by atoms with Crippen LogP contribution in [0.2, 0.25) is 0 Å². The highest BCUT2D eigenvalue weighted by molar-refractivity contribution is 5.58. The van der Waals surface area contributed by atoms with Crippen molar-refractivity contribution in [3.63, 3.8) is 0 Å². The van der Waals surface area contributed by atoms with Gasteiger partial charge in [0.2, 0.25) is 0 Å². The summed E-state index contributed by atoms with van der Waals surface area (Å²) in [5, 5.41) is 8.69. The third kappa shape index (κ3) is 3.38. The highest BCUT2D eigenvalue weighted by atomic mass is 19.1. The van der Waals surface area contributed by atoms with E-state index in [1.165, 1.54) is 12.1 Å². The van der Waals surface area contributed by atoms with E-state index in [1.807, 2.05) is 11.9 Å². The molecular weight excluding hydrogens is 209 g/mol. The predicted molar refractivity (Wildman–Crippen MR) is 62.5 cm³/mol. The van der Waals surface area contributed by atoms with Crippen LogP contribution in [0.4, 0.5) is 10.1 Å². The number of nitrogens with zero attached hydrogens (tertiary/aromatic N) is 1. The summed E-state index contributed by atoms with van der Waals surface area (Å²) < 4.78 is 18.3. The molecule has 1 N–H and O–H groups in total. The normalized spacial score (nSPS) is 10.2. The number of aliphatic hydroxyl groups is 1. The average Bonchev–Trinajstić information content (AvgIpc) is 2.29. The Labute approximate surface area is 95.5 Å². The number of anilines is 1. The van der Waals surface area contributed by atoms with E-state index in [4.69, 9.17) is 9.84 Å². The van der Waals surface area contributed by atoms with Crippen molar-refractivity contribution in [1.29, 1.82) is 0 Å². The Kier molecular flexibility index (Phi) is 5.05. The lowest BCUT2D eigenvalue weighted by molar-refractivity contribution is 0.285.